The summed E-state index contributed by atoms with van der Waals surface area (Å²) in [5.74, 6) is -3.75. The number of carbonyl (C=O) groups is 2. The molecule has 1 fully saturated rings. The first kappa shape index (κ1) is 19.2. The number of carbonyl (C=O) groups excluding carboxylic acids is 2. The fourth-order valence-electron chi connectivity index (χ4n) is 3.76. The number of hydrogen-bond donors (Lipinski definition) is 2. The number of anilines is 1. The quantitative estimate of drug-likeness (QED) is 0.770. The summed E-state index contributed by atoms with van der Waals surface area (Å²) >= 11 is 0. The van der Waals surface area contributed by atoms with Gasteiger partial charge in [0.25, 0.3) is 11.5 Å². The van der Waals surface area contributed by atoms with Crippen LogP contribution in [0, 0.1) is 5.92 Å². The number of fused-ring (bicyclic) bond motifs is 1. The number of amides is 2. The van der Waals surface area contributed by atoms with Crippen LogP contribution in [-0.4, -0.2) is 27.1 Å². The molecule has 3 rings (SSSR count). The summed E-state index contributed by atoms with van der Waals surface area (Å²) in [6.45, 7) is 0. The van der Waals surface area contributed by atoms with E-state index in [0.29, 0.717) is 30.3 Å². The highest BCUT2D eigenvalue weighted by Crippen LogP contribution is 2.45. The molecule has 1 saturated carbocycles. The number of alkyl halides is 3. The third-order valence-electron chi connectivity index (χ3n) is 5.32. The summed E-state index contributed by atoms with van der Waals surface area (Å²) in [5.41, 5.74) is -6.70. The molecule has 0 saturated heterocycles. The first-order valence-corrected chi connectivity index (χ1v) is 8.53. The van der Waals surface area contributed by atoms with Gasteiger partial charge in [-0.2, -0.15) is 13.2 Å². The van der Waals surface area contributed by atoms with E-state index in [0.717, 1.165) is 25.1 Å². The summed E-state index contributed by atoms with van der Waals surface area (Å²) in [6.07, 6.45) is -2.15. The standard InChI is InChI=1S/C16H19F3N4O4/c1-22-10-9(12(25)23(2)14(22)27)15(13(26)20-10,16(17,18)19)21-11(24)8-6-4-3-5-7-8/h8H,3-7H2,1-2H3,(H,20,26)(H,21,24)/t15-/m0/s1. The molecule has 0 spiro atoms. The summed E-state index contributed by atoms with van der Waals surface area (Å²) in [5, 5.41) is 3.77. The lowest BCUT2D eigenvalue weighted by atomic mass is 9.86. The number of halogens is 3. The normalized spacial score (nSPS) is 23.1. The van der Waals surface area contributed by atoms with Crippen LogP contribution in [0.15, 0.2) is 9.59 Å². The highest BCUT2D eigenvalue weighted by molar-refractivity contribution is 6.07. The smallest absolute Gasteiger partial charge is 0.330 e. The fourth-order valence-corrected chi connectivity index (χ4v) is 3.76. The monoisotopic (exact) mass is 388 g/mol. The molecule has 2 aliphatic rings. The van der Waals surface area contributed by atoms with E-state index in [4.69, 9.17) is 0 Å². The Balaban J connectivity index is 2.20. The van der Waals surface area contributed by atoms with Gasteiger partial charge in [0.1, 0.15) is 11.4 Å². The van der Waals surface area contributed by atoms with Gasteiger partial charge >= 0.3 is 11.9 Å². The molecule has 0 bridgehead atoms. The lowest BCUT2D eigenvalue weighted by Gasteiger charge is -2.32. The van der Waals surface area contributed by atoms with Crippen molar-refractivity contribution in [2.45, 2.75) is 43.8 Å². The molecule has 1 aliphatic heterocycles. The van der Waals surface area contributed by atoms with Crippen molar-refractivity contribution in [3.8, 4) is 0 Å². The van der Waals surface area contributed by atoms with Crippen molar-refractivity contribution in [1.82, 2.24) is 14.5 Å². The second kappa shape index (κ2) is 6.24. The van der Waals surface area contributed by atoms with E-state index in [9.17, 15) is 32.3 Å². The highest BCUT2D eigenvalue weighted by Gasteiger charge is 2.68. The molecule has 27 heavy (non-hydrogen) atoms. The molecule has 0 unspecified atom stereocenters. The van der Waals surface area contributed by atoms with Gasteiger partial charge in [0.2, 0.25) is 11.4 Å². The minimum Gasteiger partial charge on any atom is -0.330 e. The fraction of sp³-hybridized carbons (Fsp3) is 0.625. The Morgan fingerprint density at radius 1 is 1.11 bits per heavy atom. The largest absolute Gasteiger partial charge is 0.425 e. The molecule has 148 valence electrons. The minimum atomic E-state index is -5.28. The number of nitrogens with one attached hydrogen (secondary N) is 2. The van der Waals surface area contributed by atoms with Gasteiger partial charge in [-0.25, -0.2) is 4.79 Å². The van der Waals surface area contributed by atoms with Gasteiger partial charge in [-0.1, -0.05) is 19.3 Å². The number of rotatable bonds is 2. The van der Waals surface area contributed by atoms with E-state index in [1.54, 1.807) is 0 Å². The zero-order valence-corrected chi connectivity index (χ0v) is 14.8. The Kier molecular flexibility index (Phi) is 4.43. The van der Waals surface area contributed by atoms with Crippen LogP contribution in [0.25, 0.3) is 0 Å². The third-order valence-corrected chi connectivity index (χ3v) is 5.32. The number of nitrogens with zero attached hydrogens (tertiary/aromatic N) is 2. The maximum atomic E-state index is 14.1. The molecule has 1 aromatic rings. The lowest BCUT2D eigenvalue weighted by molar-refractivity contribution is -0.201. The van der Waals surface area contributed by atoms with Crippen LogP contribution < -0.4 is 21.9 Å². The number of aromatic nitrogens is 2. The molecular formula is C16H19F3N4O4. The Morgan fingerprint density at radius 3 is 2.26 bits per heavy atom. The van der Waals surface area contributed by atoms with E-state index in [2.05, 4.69) is 0 Å². The average molecular weight is 388 g/mol. The first-order valence-electron chi connectivity index (χ1n) is 8.53. The zero-order chi connectivity index (χ0) is 20.1. The van der Waals surface area contributed by atoms with Gasteiger partial charge in [-0.15, -0.1) is 0 Å². The average Bonchev–Trinajstić information content (AvgIpc) is 2.92. The molecule has 1 aliphatic carbocycles. The second-order valence-electron chi connectivity index (χ2n) is 6.96. The van der Waals surface area contributed by atoms with E-state index in [-0.39, 0.29) is 0 Å². The maximum Gasteiger partial charge on any atom is 0.425 e. The van der Waals surface area contributed by atoms with Crippen molar-refractivity contribution in [1.29, 1.82) is 0 Å². The SMILES string of the molecule is Cn1c2c(c(=O)n(C)c1=O)[C@@](NC(=O)C1CCCCC1)(C(F)(F)F)C(=O)N2. The van der Waals surface area contributed by atoms with E-state index < -0.39 is 52.1 Å². The second-order valence-corrected chi connectivity index (χ2v) is 6.96. The Bertz CT molecular complexity index is 927. The molecular weight excluding hydrogens is 369 g/mol. The highest BCUT2D eigenvalue weighted by atomic mass is 19.4. The van der Waals surface area contributed by atoms with Crippen molar-refractivity contribution in [3.63, 3.8) is 0 Å². The summed E-state index contributed by atoms with van der Waals surface area (Å²) in [6, 6.07) is 0. The van der Waals surface area contributed by atoms with Crippen molar-refractivity contribution < 1.29 is 22.8 Å². The Hall–Kier alpha value is -2.59. The number of hydrogen-bond acceptors (Lipinski definition) is 4. The van der Waals surface area contributed by atoms with Gasteiger partial charge in [-0.3, -0.25) is 23.5 Å². The van der Waals surface area contributed by atoms with Gasteiger partial charge in [0.15, 0.2) is 0 Å². The molecule has 2 amide bonds. The predicted molar refractivity (Wildman–Crippen MR) is 88.0 cm³/mol. The van der Waals surface area contributed by atoms with E-state index in [1.807, 2.05) is 10.6 Å². The maximum absolute atomic E-state index is 14.1. The predicted octanol–water partition coefficient (Wildman–Crippen LogP) is 0.490. The van der Waals surface area contributed by atoms with Crippen LogP contribution in [0.2, 0.25) is 0 Å². The molecule has 0 radical (unpaired) electrons. The third kappa shape index (κ3) is 2.67. The molecule has 0 aromatic carbocycles. The summed E-state index contributed by atoms with van der Waals surface area (Å²) < 4.78 is 43.5. The van der Waals surface area contributed by atoms with Crippen LogP contribution in [0.4, 0.5) is 19.0 Å². The summed E-state index contributed by atoms with van der Waals surface area (Å²) in [4.78, 5) is 49.5. The van der Waals surface area contributed by atoms with E-state index in [1.165, 1.54) is 0 Å². The molecule has 8 nitrogen and oxygen atoms in total. The molecule has 11 heteroatoms. The van der Waals surface area contributed by atoms with Crippen LogP contribution in [0.3, 0.4) is 0 Å². The van der Waals surface area contributed by atoms with Crippen molar-refractivity contribution in [3.05, 3.63) is 26.4 Å². The van der Waals surface area contributed by atoms with Crippen molar-refractivity contribution in [2.24, 2.45) is 20.0 Å². The first-order chi connectivity index (χ1) is 12.5. The molecule has 2 N–H and O–H groups in total. The van der Waals surface area contributed by atoms with Crippen LogP contribution >= 0.6 is 0 Å². The van der Waals surface area contributed by atoms with Crippen LogP contribution in [-0.2, 0) is 29.2 Å². The van der Waals surface area contributed by atoms with Crippen molar-refractivity contribution >= 4 is 17.6 Å². The van der Waals surface area contributed by atoms with Crippen LogP contribution in [0.5, 0.6) is 0 Å². The lowest BCUT2D eigenvalue weighted by Crippen LogP contribution is -2.63. The molecule has 2 heterocycles. The molecule has 1 atom stereocenters. The van der Waals surface area contributed by atoms with Gasteiger partial charge in [0.05, 0.1) is 0 Å². The Morgan fingerprint density at radius 2 is 1.70 bits per heavy atom. The van der Waals surface area contributed by atoms with Gasteiger partial charge < -0.3 is 10.6 Å². The van der Waals surface area contributed by atoms with Gasteiger partial charge in [0, 0.05) is 20.0 Å². The minimum absolute atomic E-state index is 0.416. The zero-order valence-electron chi connectivity index (χ0n) is 14.8. The van der Waals surface area contributed by atoms with Crippen molar-refractivity contribution in [2.75, 3.05) is 5.32 Å². The van der Waals surface area contributed by atoms with Gasteiger partial charge in [-0.05, 0) is 12.8 Å². The Labute approximate surface area is 151 Å². The molecule has 1 aromatic heterocycles. The van der Waals surface area contributed by atoms with E-state index >= 15 is 0 Å². The van der Waals surface area contributed by atoms with Crippen LogP contribution in [0.1, 0.15) is 37.7 Å². The topological polar surface area (TPSA) is 102 Å². The summed E-state index contributed by atoms with van der Waals surface area (Å²) in [7, 11) is 2.15.